The Morgan fingerprint density at radius 1 is 1.14 bits per heavy atom. The van der Waals surface area contributed by atoms with E-state index < -0.39 is 10.8 Å². The number of rotatable bonds is 5. The normalized spacial score (nSPS) is 29.1. The van der Waals surface area contributed by atoms with Crippen LogP contribution in [-0.2, 0) is 17.2 Å². The highest BCUT2D eigenvalue weighted by molar-refractivity contribution is 7.85. The first-order valence-electron chi connectivity index (χ1n) is 9.77. The van der Waals surface area contributed by atoms with E-state index in [4.69, 9.17) is 14.4 Å². The van der Waals surface area contributed by atoms with Gasteiger partial charge in [0.1, 0.15) is 17.0 Å². The number of nitrogens with one attached hydrogen (secondary N) is 1. The Morgan fingerprint density at radius 2 is 1.90 bits per heavy atom. The van der Waals surface area contributed by atoms with E-state index in [-0.39, 0.29) is 17.6 Å². The molecule has 3 aliphatic carbocycles. The van der Waals surface area contributed by atoms with Crippen LogP contribution in [0.15, 0.2) is 46.0 Å². The Kier molecular flexibility index (Phi) is 3.56. The van der Waals surface area contributed by atoms with Crippen LogP contribution in [0.2, 0.25) is 0 Å². The van der Waals surface area contributed by atoms with Gasteiger partial charge in [-0.2, -0.15) is 0 Å². The van der Waals surface area contributed by atoms with Gasteiger partial charge in [0.05, 0.1) is 22.7 Å². The number of hydrogen-bond donors (Lipinski definition) is 2. The van der Waals surface area contributed by atoms with Crippen LogP contribution in [0, 0.1) is 5.41 Å². The molecule has 8 heteroatoms. The Bertz CT molecular complexity index is 1110. The van der Waals surface area contributed by atoms with Gasteiger partial charge < -0.3 is 14.8 Å². The number of nitrogens with zero attached hydrogens (tertiary/aromatic N) is 3. The molecule has 2 N–H and O–H groups in total. The largest absolute Gasteiger partial charge is 0.445 e. The summed E-state index contributed by atoms with van der Waals surface area (Å²) in [7, 11) is -1.06. The maximum atomic E-state index is 12.6. The van der Waals surface area contributed by atoms with Gasteiger partial charge in [-0.25, -0.2) is 15.0 Å². The SMILES string of the molecule is O=[S@]1CCc2nc(-c3ccc(-c4ncco4)cc3)nc(NC34CC(CO)(C3)C4)c21. The van der Waals surface area contributed by atoms with Gasteiger partial charge in [-0.15, -0.1) is 0 Å². The molecule has 0 saturated heterocycles. The molecule has 0 radical (unpaired) electrons. The Morgan fingerprint density at radius 3 is 2.59 bits per heavy atom. The Labute approximate surface area is 170 Å². The van der Waals surface area contributed by atoms with Crippen LogP contribution < -0.4 is 5.32 Å². The molecule has 148 valence electrons. The summed E-state index contributed by atoms with van der Waals surface area (Å²) in [5.41, 5.74) is 2.75. The molecule has 3 heterocycles. The van der Waals surface area contributed by atoms with Crippen molar-refractivity contribution in [2.24, 2.45) is 5.41 Å². The van der Waals surface area contributed by atoms with E-state index in [0.717, 1.165) is 41.0 Å². The molecule has 4 aliphatic rings. The van der Waals surface area contributed by atoms with Crippen molar-refractivity contribution in [1.82, 2.24) is 15.0 Å². The molecule has 2 bridgehead atoms. The zero-order chi connectivity index (χ0) is 19.6. The Hall–Kier alpha value is -2.58. The first-order chi connectivity index (χ1) is 14.1. The molecule has 0 spiro atoms. The number of oxazole rings is 1. The lowest BCUT2D eigenvalue weighted by atomic mass is 9.39. The number of hydrogen-bond acceptors (Lipinski definition) is 7. The topological polar surface area (TPSA) is 101 Å². The highest BCUT2D eigenvalue weighted by Gasteiger charge is 2.67. The van der Waals surface area contributed by atoms with Crippen molar-refractivity contribution in [3.05, 3.63) is 42.4 Å². The summed E-state index contributed by atoms with van der Waals surface area (Å²) in [4.78, 5) is 14.4. The van der Waals surface area contributed by atoms with Crippen LogP contribution in [0.5, 0.6) is 0 Å². The summed E-state index contributed by atoms with van der Waals surface area (Å²) in [6, 6.07) is 7.79. The quantitative estimate of drug-likeness (QED) is 0.669. The van der Waals surface area contributed by atoms with Gasteiger partial charge in [0.2, 0.25) is 5.89 Å². The molecule has 1 atom stereocenters. The van der Waals surface area contributed by atoms with Crippen molar-refractivity contribution in [2.45, 2.75) is 36.1 Å². The average Bonchev–Trinajstić information content (AvgIpc) is 3.34. The number of benzene rings is 1. The minimum absolute atomic E-state index is 0.0102. The van der Waals surface area contributed by atoms with Gasteiger partial charge in [-0.05, 0) is 31.4 Å². The predicted octanol–water partition coefficient (Wildman–Crippen LogP) is 2.79. The maximum Gasteiger partial charge on any atom is 0.225 e. The molecule has 0 unspecified atom stereocenters. The standard InChI is InChI=1S/C21H20N4O3S/c26-12-20-9-21(10-20,11-20)25-18-16-15(5-8-29(16)27)23-17(24-18)13-1-3-14(4-2-13)19-22-6-7-28-19/h1-4,6-7,26H,5,8-12H2,(H,23,24,25)/t20?,21?,29-/m0/s1. The van der Waals surface area contributed by atoms with Crippen molar-refractivity contribution < 1.29 is 13.7 Å². The summed E-state index contributed by atoms with van der Waals surface area (Å²) >= 11 is 0. The molecular formula is C21H20N4O3S. The molecule has 29 heavy (non-hydrogen) atoms. The summed E-state index contributed by atoms with van der Waals surface area (Å²) in [5, 5.41) is 13.1. The molecule has 2 aromatic heterocycles. The van der Waals surface area contributed by atoms with E-state index >= 15 is 0 Å². The first kappa shape index (κ1) is 17.3. The summed E-state index contributed by atoms with van der Waals surface area (Å²) in [6.07, 6.45) is 6.72. The smallest absolute Gasteiger partial charge is 0.225 e. The zero-order valence-corrected chi connectivity index (χ0v) is 16.5. The molecule has 3 aromatic rings. The predicted molar refractivity (Wildman–Crippen MR) is 108 cm³/mol. The van der Waals surface area contributed by atoms with Gasteiger partial charge in [0.15, 0.2) is 5.82 Å². The summed E-state index contributed by atoms with van der Waals surface area (Å²) < 4.78 is 17.9. The van der Waals surface area contributed by atoms with E-state index in [9.17, 15) is 9.32 Å². The molecular weight excluding hydrogens is 388 g/mol. The highest BCUT2D eigenvalue weighted by atomic mass is 32.2. The molecule has 0 amide bonds. The average molecular weight is 408 g/mol. The summed E-state index contributed by atoms with van der Waals surface area (Å²) in [5.74, 6) is 2.50. The number of aliphatic hydroxyl groups excluding tert-OH is 1. The monoisotopic (exact) mass is 408 g/mol. The highest BCUT2D eigenvalue weighted by Crippen LogP contribution is 2.68. The molecule has 7 rings (SSSR count). The fourth-order valence-corrected chi connectivity index (χ4v) is 6.39. The Balaban J connectivity index is 1.35. The zero-order valence-electron chi connectivity index (χ0n) is 15.7. The van der Waals surface area contributed by atoms with Crippen LogP contribution in [-0.4, -0.2) is 42.2 Å². The van der Waals surface area contributed by atoms with E-state index in [2.05, 4.69) is 10.3 Å². The molecule has 1 aliphatic heterocycles. The number of aromatic nitrogens is 3. The third-order valence-corrected chi connectivity index (χ3v) is 7.83. The van der Waals surface area contributed by atoms with E-state index in [1.165, 1.54) is 0 Å². The second kappa shape index (κ2) is 5.96. The van der Waals surface area contributed by atoms with Crippen LogP contribution in [0.3, 0.4) is 0 Å². The van der Waals surface area contributed by atoms with Gasteiger partial charge in [0, 0.05) is 40.9 Å². The number of anilines is 1. The number of aryl methyl sites for hydroxylation is 1. The second-order valence-corrected chi connectivity index (χ2v) is 9.99. The van der Waals surface area contributed by atoms with Crippen LogP contribution in [0.4, 0.5) is 5.82 Å². The van der Waals surface area contributed by atoms with Crippen LogP contribution in [0.25, 0.3) is 22.8 Å². The lowest BCUT2D eigenvalue weighted by molar-refractivity contribution is -0.146. The fraction of sp³-hybridized carbons (Fsp3) is 0.381. The third kappa shape index (κ3) is 2.59. The van der Waals surface area contributed by atoms with Gasteiger partial charge >= 0.3 is 0 Å². The van der Waals surface area contributed by atoms with E-state index in [1.807, 2.05) is 24.3 Å². The van der Waals surface area contributed by atoms with Gasteiger partial charge in [-0.3, -0.25) is 4.21 Å². The molecule has 3 saturated carbocycles. The summed E-state index contributed by atoms with van der Waals surface area (Å²) in [6.45, 7) is 0.242. The lowest BCUT2D eigenvalue weighted by Gasteiger charge is -2.70. The molecule has 7 nitrogen and oxygen atoms in total. The second-order valence-electron chi connectivity index (χ2n) is 8.48. The van der Waals surface area contributed by atoms with E-state index in [1.54, 1.807) is 12.5 Å². The number of fused-ring (bicyclic) bond motifs is 1. The van der Waals surface area contributed by atoms with Crippen molar-refractivity contribution in [3.63, 3.8) is 0 Å². The molecule has 1 aromatic carbocycles. The molecule has 3 fully saturated rings. The van der Waals surface area contributed by atoms with E-state index in [0.29, 0.717) is 29.7 Å². The van der Waals surface area contributed by atoms with Gasteiger partial charge in [-0.1, -0.05) is 12.1 Å². The number of aliphatic hydroxyl groups is 1. The minimum atomic E-state index is -1.06. The van der Waals surface area contributed by atoms with Crippen LogP contribution >= 0.6 is 0 Å². The van der Waals surface area contributed by atoms with Gasteiger partial charge in [0.25, 0.3) is 0 Å². The van der Waals surface area contributed by atoms with Crippen molar-refractivity contribution in [2.75, 3.05) is 17.7 Å². The van der Waals surface area contributed by atoms with Crippen molar-refractivity contribution in [1.29, 1.82) is 0 Å². The van der Waals surface area contributed by atoms with Crippen molar-refractivity contribution >= 4 is 16.6 Å². The lowest BCUT2D eigenvalue weighted by Crippen LogP contribution is -2.72. The maximum absolute atomic E-state index is 12.6. The minimum Gasteiger partial charge on any atom is -0.445 e. The fourth-order valence-electron chi connectivity index (χ4n) is 5.09. The van der Waals surface area contributed by atoms with Crippen molar-refractivity contribution in [3.8, 4) is 22.8 Å². The van der Waals surface area contributed by atoms with Crippen LogP contribution in [0.1, 0.15) is 25.0 Å². The third-order valence-electron chi connectivity index (χ3n) is 6.37. The first-order valence-corrected chi connectivity index (χ1v) is 11.1.